The summed E-state index contributed by atoms with van der Waals surface area (Å²) < 4.78 is 12.4. The van der Waals surface area contributed by atoms with Crippen LogP contribution in [0.2, 0.25) is 0 Å². The quantitative estimate of drug-likeness (QED) is 0.851. The normalized spacial score (nSPS) is 25.4. The number of ether oxygens (including phenoxy) is 2. The Kier molecular flexibility index (Phi) is 4.19. The summed E-state index contributed by atoms with van der Waals surface area (Å²) in [4.78, 5) is 0. The third-order valence-electron chi connectivity index (χ3n) is 4.91. The van der Waals surface area contributed by atoms with Gasteiger partial charge in [-0.25, -0.2) is 0 Å². The molecule has 1 aliphatic carbocycles. The van der Waals surface area contributed by atoms with Crippen molar-refractivity contribution in [3.8, 4) is 11.5 Å². The third-order valence-corrected chi connectivity index (χ3v) is 5.59. The summed E-state index contributed by atoms with van der Waals surface area (Å²) in [5.74, 6) is 1.81. The van der Waals surface area contributed by atoms with Crippen LogP contribution >= 0.6 is 15.9 Å². The van der Waals surface area contributed by atoms with E-state index in [4.69, 9.17) is 9.47 Å². The summed E-state index contributed by atoms with van der Waals surface area (Å²) in [6.07, 6.45) is 3.87. The average Bonchev–Trinajstić information content (AvgIpc) is 2.65. The predicted octanol–water partition coefficient (Wildman–Crippen LogP) is 4.47. The van der Waals surface area contributed by atoms with Crippen LogP contribution < -0.4 is 9.47 Å². The van der Waals surface area contributed by atoms with E-state index in [1.54, 1.807) is 0 Å². The molecule has 0 amide bonds. The zero-order chi connectivity index (χ0) is 15.0. The highest BCUT2D eigenvalue weighted by Gasteiger charge is 2.40. The molecule has 1 aliphatic heterocycles. The van der Waals surface area contributed by atoms with Gasteiger partial charge in [0, 0.05) is 10.9 Å². The van der Waals surface area contributed by atoms with Gasteiger partial charge >= 0.3 is 0 Å². The van der Waals surface area contributed by atoms with Crippen LogP contribution in [-0.4, -0.2) is 18.3 Å². The Hall–Kier alpha value is -0.740. The van der Waals surface area contributed by atoms with Gasteiger partial charge in [0.15, 0.2) is 11.5 Å². The molecular weight excluding hydrogens is 332 g/mol. The second kappa shape index (κ2) is 5.81. The topological polar surface area (TPSA) is 38.7 Å². The lowest BCUT2D eigenvalue weighted by atomic mass is 9.77. The highest BCUT2D eigenvalue weighted by molar-refractivity contribution is 9.10. The van der Waals surface area contributed by atoms with Gasteiger partial charge in [-0.1, -0.05) is 36.2 Å². The zero-order valence-electron chi connectivity index (χ0n) is 12.7. The lowest BCUT2D eigenvalue weighted by Crippen LogP contribution is -2.24. The van der Waals surface area contributed by atoms with E-state index in [0.717, 1.165) is 34.4 Å². The Morgan fingerprint density at radius 3 is 2.48 bits per heavy atom. The number of benzene rings is 1. The molecule has 1 N–H and O–H groups in total. The molecule has 0 spiro atoms. The van der Waals surface area contributed by atoms with E-state index in [-0.39, 0.29) is 5.41 Å². The van der Waals surface area contributed by atoms with Crippen LogP contribution in [0.4, 0.5) is 0 Å². The van der Waals surface area contributed by atoms with Gasteiger partial charge < -0.3 is 14.6 Å². The first kappa shape index (κ1) is 15.2. The third kappa shape index (κ3) is 2.93. The van der Waals surface area contributed by atoms with Crippen molar-refractivity contribution in [2.45, 2.75) is 45.6 Å². The summed E-state index contributed by atoms with van der Waals surface area (Å²) in [5, 5.41) is 10.9. The highest BCUT2D eigenvalue weighted by Crippen LogP contribution is 2.50. The smallest absolute Gasteiger partial charge is 0.162 e. The number of fused-ring (bicyclic) bond motifs is 1. The van der Waals surface area contributed by atoms with Crippen molar-refractivity contribution < 1.29 is 14.6 Å². The van der Waals surface area contributed by atoms with E-state index >= 15 is 0 Å². The van der Waals surface area contributed by atoms with Gasteiger partial charge in [0.2, 0.25) is 0 Å². The first-order valence-electron chi connectivity index (χ1n) is 7.76. The maximum atomic E-state index is 10.9. The predicted molar refractivity (Wildman–Crippen MR) is 85.8 cm³/mol. The van der Waals surface area contributed by atoms with E-state index in [1.807, 2.05) is 12.1 Å². The molecule has 2 unspecified atom stereocenters. The molecule has 0 bridgehead atoms. The standard InChI is InChI=1S/C17H23BrO3/c1-17(2)6-3-5-12(17)16(19)11-9-14-15(10-13(11)18)21-8-4-7-20-14/h9-10,12,16,19H,3-8H2,1-2H3. The molecule has 1 aromatic carbocycles. The molecule has 0 radical (unpaired) electrons. The second-order valence-electron chi connectivity index (χ2n) is 6.80. The molecule has 2 aliphatic rings. The van der Waals surface area contributed by atoms with Crippen molar-refractivity contribution in [2.24, 2.45) is 11.3 Å². The van der Waals surface area contributed by atoms with Crippen LogP contribution in [0.15, 0.2) is 16.6 Å². The van der Waals surface area contributed by atoms with Gasteiger partial charge in [-0.05, 0) is 41.9 Å². The minimum Gasteiger partial charge on any atom is -0.490 e. The van der Waals surface area contributed by atoms with Crippen LogP contribution in [0.5, 0.6) is 11.5 Å². The Morgan fingerprint density at radius 1 is 1.19 bits per heavy atom. The van der Waals surface area contributed by atoms with Crippen molar-refractivity contribution in [3.63, 3.8) is 0 Å². The van der Waals surface area contributed by atoms with Crippen molar-refractivity contribution in [3.05, 3.63) is 22.2 Å². The first-order valence-corrected chi connectivity index (χ1v) is 8.55. The summed E-state index contributed by atoms with van der Waals surface area (Å²) in [6.45, 7) is 5.85. The summed E-state index contributed by atoms with van der Waals surface area (Å²) in [5.41, 5.74) is 1.10. The largest absolute Gasteiger partial charge is 0.490 e. The maximum Gasteiger partial charge on any atom is 0.162 e. The van der Waals surface area contributed by atoms with Gasteiger partial charge in [0.25, 0.3) is 0 Å². The molecule has 1 heterocycles. The Labute approximate surface area is 134 Å². The summed E-state index contributed by atoms with van der Waals surface area (Å²) in [6, 6.07) is 3.88. The Balaban J connectivity index is 1.93. The lowest BCUT2D eigenvalue weighted by molar-refractivity contribution is 0.0524. The Morgan fingerprint density at radius 2 is 1.86 bits per heavy atom. The molecule has 21 heavy (non-hydrogen) atoms. The zero-order valence-corrected chi connectivity index (χ0v) is 14.3. The number of rotatable bonds is 2. The number of aliphatic hydroxyl groups is 1. The van der Waals surface area contributed by atoms with Gasteiger partial charge in [0.05, 0.1) is 19.3 Å². The molecule has 3 rings (SSSR count). The molecule has 2 atom stereocenters. The molecule has 116 valence electrons. The molecule has 1 saturated carbocycles. The maximum absolute atomic E-state index is 10.9. The number of hydrogen-bond acceptors (Lipinski definition) is 3. The van der Waals surface area contributed by atoms with Crippen LogP contribution in [-0.2, 0) is 0 Å². The van der Waals surface area contributed by atoms with Crippen molar-refractivity contribution in [1.82, 2.24) is 0 Å². The molecule has 1 fully saturated rings. The van der Waals surface area contributed by atoms with Gasteiger partial charge in [-0.15, -0.1) is 0 Å². The highest BCUT2D eigenvalue weighted by atomic mass is 79.9. The lowest BCUT2D eigenvalue weighted by Gasteiger charge is -2.32. The fraction of sp³-hybridized carbons (Fsp3) is 0.647. The van der Waals surface area contributed by atoms with Crippen LogP contribution in [0.1, 0.15) is 51.2 Å². The Bertz CT molecular complexity index is 527. The molecule has 0 saturated heterocycles. The van der Waals surface area contributed by atoms with E-state index < -0.39 is 6.10 Å². The van der Waals surface area contributed by atoms with Gasteiger partial charge in [0.1, 0.15) is 0 Å². The van der Waals surface area contributed by atoms with E-state index in [1.165, 1.54) is 12.8 Å². The van der Waals surface area contributed by atoms with Crippen LogP contribution in [0.25, 0.3) is 0 Å². The van der Waals surface area contributed by atoms with Crippen LogP contribution in [0.3, 0.4) is 0 Å². The molecule has 0 aromatic heterocycles. The van der Waals surface area contributed by atoms with Crippen molar-refractivity contribution >= 4 is 15.9 Å². The van der Waals surface area contributed by atoms with Gasteiger partial charge in [-0.3, -0.25) is 0 Å². The van der Waals surface area contributed by atoms with Crippen molar-refractivity contribution in [2.75, 3.05) is 13.2 Å². The minimum absolute atomic E-state index is 0.184. The van der Waals surface area contributed by atoms with Crippen LogP contribution in [0, 0.1) is 11.3 Å². The number of aliphatic hydroxyl groups excluding tert-OH is 1. The van der Waals surface area contributed by atoms with Gasteiger partial charge in [-0.2, -0.15) is 0 Å². The fourth-order valence-electron chi connectivity index (χ4n) is 3.58. The molecule has 4 heteroatoms. The second-order valence-corrected chi connectivity index (χ2v) is 7.66. The number of halogens is 1. The average molecular weight is 355 g/mol. The SMILES string of the molecule is CC1(C)CCCC1C(O)c1cc2c(cc1Br)OCCCO2. The fourth-order valence-corrected chi connectivity index (χ4v) is 4.14. The molecule has 1 aromatic rings. The minimum atomic E-state index is -0.464. The first-order chi connectivity index (χ1) is 9.99. The molecule has 3 nitrogen and oxygen atoms in total. The van der Waals surface area contributed by atoms with E-state index in [0.29, 0.717) is 19.1 Å². The summed E-state index contributed by atoms with van der Waals surface area (Å²) in [7, 11) is 0. The van der Waals surface area contributed by atoms with E-state index in [2.05, 4.69) is 29.8 Å². The monoisotopic (exact) mass is 354 g/mol. The number of hydrogen-bond donors (Lipinski definition) is 1. The van der Waals surface area contributed by atoms with Crippen molar-refractivity contribution in [1.29, 1.82) is 0 Å². The summed E-state index contributed by atoms with van der Waals surface area (Å²) >= 11 is 3.59. The molecular formula is C17H23BrO3. The van der Waals surface area contributed by atoms with E-state index in [9.17, 15) is 5.11 Å².